The third-order valence-electron chi connectivity index (χ3n) is 1.53. The summed E-state index contributed by atoms with van der Waals surface area (Å²) in [5.41, 5.74) is 0.923. The van der Waals surface area contributed by atoms with Crippen LogP contribution in [0.2, 0.25) is 0 Å². The van der Waals surface area contributed by atoms with E-state index in [0.29, 0.717) is 5.84 Å². The SMILES string of the molecule is S=C1N=NC(c2ccc(Br)cc2)=N1. The molecular formula is C8H4BrN3S. The maximum Gasteiger partial charge on any atom is 0.242 e. The molecule has 13 heavy (non-hydrogen) atoms. The molecule has 0 saturated carbocycles. The first-order valence-corrected chi connectivity index (χ1v) is 4.76. The minimum atomic E-state index is 0.290. The molecule has 0 radical (unpaired) electrons. The molecule has 0 aliphatic carbocycles. The second-order valence-corrected chi connectivity index (χ2v) is 3.71. The number of aliphatic imine (C=N–C) groups is 1. The van der Waals surface area contributed by atoms with Crippen LogP contribution >= 0.6 is 28.1 Å². The number of thiocarbonyl (C=S) groups is 1. The lowest BCUT2D eigenvalue weighted by Crippen LogP contribution is -1.92. The van der Waals surface area contributed by atoms with Crippen molar-refractivity contribution >= 4 is 39.1 Å². The Hall–Kier alpha value is -0.940. The van der Waals surface area contributed by atoms with Crippen LogP contribution in [0.3, 0.4) is 0 Å². The van der Waals surface area contributed by atoms with Gasteiger partial charge in [-0.1, -0.05) is 28.1 Å². The van der Waals surface area contributed by atoms with Crippen molar-refractivity contribution in [3.8, 4) is 0 Å². The predicted octanol–water partition coefficient (Wildman–Crippen LogP) is 2.95. The van der Waals surface area contributed by atoms with Crippen LogP contribution in [0.25, 0.3) is 0 Å². The van der Waals surface area contributed by atoms with Crippen molar-refractivity contribution in [1.82, 2.24) is 0 Å². The first-order chi connectivity index (χ1) is 6.25. The van der Waals surface area contributed by atoms with Gasteiger partial charge in [0.15, 0.2) is 5.84 Å². The Morgan fingerprint density at radius 3 is 2.31 bits per heavy atom. The van der Waals surface area contributed by atoms with Gasteiger partial charge in [0.2, 0.25) is 5.11 Å². The lowest BCUT2D eigenvalue weighted by Gasteiger charge is -1.94. The Bertz CT molecular complexity index is 408. The van der Waals surface area contributed by atoms with Crippen LogP contribution in [0.15, 0.2) is 44.0 Å². The Morgan fingerprint density at radius 2 is 1.77 bits per heavy atom. The standard InChI is InChI=1S/C8H4BrN3S/c9-6-3-1-5(2-4-6)7-10-8(13)12-11-7/h1-4H. The van der Waals surface area contributed by atoms with Gasteiger partial charge in [-0.2, -0.15) is 4.99 Å². The first-order valence-electron chi connectivity index (χ1n) is 3.56. The van der Waals surface area contributed by atoms with Crippen molar-refractivity contribution < 1.29 is 0 Å². The maximum absolute atomic E-state index is 4.76. The largest absolute Gasteiger partial charge is 0.242 e. The molecule has 1 heterocycles. The number of hydrogen-bond donors (Lipinski definition) is 0. The zero-order valence-corrected chi connectivity index (χ0v) is 8.84. The lowest BCUT2D eigenvalue weighted by atomic mass is 10.2. The summed E-state index contributed by atoms with van der Waals surface area (Å²) < 4.78 is 1.02. The summed E-state index contributed by atoms with van der Waals surface area (Å²) in [6.07, 6.45) is 0. The van der Waals surface area contributed by atoms with Crippen molar-refractivity contribution in [2.45, 2.75) is 0 Å². The molecular weight excluding hydrogens is 250 g/mol. The van der Waals surface area contributed by atoms with Crippen LogP contribution in [-0.2, 0) is 0 Å². The zero-order valence-electron chi connectivity index (χ0n) is 6.44. The van der Waals surface area contributed by atoms with Gasteiger partial charge in [-0.15, -0.1) is 10.2 Å². The molecule has 0 aromatic heterocycles. The molecule has 1 aromatic rings. The highest BCUT2D eigenvalue weighted by Gasteiger charge is 2.08. The van der Waals surface area contributed by atoms with E-state index in [4.69, 9.17) is 12.2 Å². The normalized spacial score (nSPS) is 14.8. The number of halogens is 1. The highest BCUT2D eigenvalue weighted by atomic mass is 79.9. The van der Waals surface area contributed by atoms with Crippen molar-refractivity contribution in [3.63, 3.8) is 0 Å². The van der Waals surface area contributed by atoms with E-state index in [0.717, 1.165) is 10.0 Å². The average Bonchev–Trinajstić information content (AvgIpc) is 2.53. The Morgan fingerprint density at radius 1 is 1.08 bits per heavy atom. The Balaban J connectivity index is 2.37. The van der Waals surface area contributed by atoms with Gasteiger partial charge in [-0.3, -0.25) is 0 Å². The fourth-order valence-electron chi connectivity index (χ4n) is 0.947. The van der Waals surface area contributed by atoms with Gasteiger partial charge >= 0.3 is 0 Å². The van der Waals surface area contributed by atoms with E-state index in [2.05, 4.69) is 31.2 Å². The van der Waals surface area contributed by atoms with Crippen LogP contribution in [0.5, 0.6) is 0 Å². The topological polar surface area (TPSA) is 37.1 Å². The summed E-state index contributed by atoms with van der Waals surface area (Å²) in [4.78, 5) is 3.99. The first kappa shape index (κ1) is 8.65. The number of hydrogen-bond acceptors (Lipinski definition) is 2. The molecule has 2 rings (SSSR count). The third-order valence-corrected chi connectivity index (χ3v) is 2.24. The van der Waals surface area contributed by atoms with Gasteiger partial charge in [0.25, 0.3) is 0 Å². The summed E-state index contributed by atoms with van der Waals surface area (Å²) in [7, 11) is 0. The average molecular weight is 254 g/mol. The highest BCUT2D eigenvalue weighted by Crippen LogP contribution is 2.14. The molecule has 3 nitrogen and oxygen atoms in total. The fraction of sp³-hybridized carbons (Fsp3) is 0. The van der Waals surface area contributed by atoms with Gasteiger partial charge < -0.3 is 0 Å². The van der Waals surface area contributed by atoms with Crippen molar-refractivity contribution in [3.05, 3.63) is 34.3 Å². The van der Waals surface area contributed by atoms with Gasteiger partial charge in [0.1, 0.15) is 0 Å². The monoisotopic (exact) mass is 253 g/mol. The van der Waals surface area contributed by atoms with Gasteiger partial charge in [-0.25, -0.2) is 0 Å². The molecule has 0 saturated heterocycles. The second kappa shape index (κ2) is 3.43. The number of benzene rings is 1. The van der Waals surface area contributed by atoms with Crippen LogP contribution < -0.4 is 0 Å². The van der Waals surface area contributed by atoms with Crippen molar-refractivity contribution in [2.75, 3.05) is 0 Å². The van der Waals surface area contributed by atoms with Crippen LogP contribution in [0, 0.1) is 0 Å². The van der Waals surface area contributed by atoms with E-state index in [1.807, 2.05) is 24.3 Å². The summed E-state index contributed by atoms with van der Waals surface area (Å²) in [6, 6.07) is 7.68. The zero-order chi connectivity index (χ0) is 9.26. The molecule has 1 aliphatic heterocycles. The molecule has 0 bridgehead atoms. The third kappa shape index (κ3) is 1.87. The number of azo groups is 1. The molecule has 1 aromatic carbocycles. The minimum Gasteiger partial charge on any atom is -0.195 e. The van der Waals surface area contributed by atoms with E-state index in [-0.39, 0.29) is 5.11 Å². The van der Waals surface area contributed by atoms with E-state index in [9.17, 15) is 0 Å². The van der Waals surface area contributed by atoms with E-state index >= 15 is 0 Å². The summed E-state index contributed by atoms with van der Waals surface area (Å²) in [6.45, 7) is 0. The fourth-order valence-corrected chi connectivity index (χ4v) is 1.34. The molecule has 1 aliphatic rings. The van der Waals surface area contributed by atoms with Crippen LogP contribution in [-0.4, -0.2) is 10.9 Å². The summed E-state index contributed by atoms with van der Waals surface area (Å²) in [5.74, 6) is 0.581. The lowest BCUT2D eigenvalue weighted by molar-refractivity contribution is 1.40. The maximum atomic E-state index is 4.76. The summed E-state index contributed by atoms with van der Waals surface area (Å²) >= 11 is 8.11. The number of rotatable bonds is 1. The molecule has 64 valence electrons. The molecule has 0 fully saturated rings. The quantitative estimate of drug-likeness (QED) is 0.710. The molecule has 0 atom stereocenters. The molecule has 0 N–H and O–H groups in total. The molecule has 0 spiro atoms. The van der Waals surface area contributed by atoms with Gasteiger partial charge in [0.05, 0.1) is 0 Å². The Kier molecular flexibility index (Phi) is 2.28. The molecule has 0 unspecified atom stereocenters. The van der Waals surface area contributed by atoms with Crippen molar-refractivity contribution in [1.29, 1.82) is 0 Å². The Labute approximate surface area is 88.7 Å². The molecule has 0 amide bonds. The number of amidine groups is 1. The summed E-state index contributed by atoms with van der Waals surface area (Å²) in [5, 5.41) is 7.78. The van der Waals surface area contributed by atoms with Gasteiger partial charge in [-0.05, 0) is 24.4 Å². The predicted molar refractivity (Wildman–Crippen MR) is 58.1 cm³/mol. The second-order valence-electron chi connectivity index (χ2n) is 2.42. The van der Waals surface area contributed by atoms with Gasteiger partial charge in [0, 0.05) is 10.0 Å². The van der Waals surface area contributed by atoms with Crippen LogP contribution in [0.1, 0.15) is 5.56 Å². The van der Waals surface area contributed by atoms with Crippen molar-refractivity contribution in [2.24, 2.45) is 15.2 Å². The van der Waals surface area contributed by atoms with E-state index < -0.39 is 0 Å². The highest BCUT2D eigenvalue weighted by molar-refractivity contribution is 9.10. The molecule has 5 heteroatoms. The van der Waals surface area contributed by atoms with E-state index in [1.165, 1.54) is 0 Å². The number of nitrogens with zero attached hydrogens (tertiary/aromatic N) is 3. The minimum absolute atomic E-state index is 0.290. The smallest absolute Gasteiger partial charge is 0.195 e. The van der Waals surface area contributed by atoms with Crippen LogP contribution in [0.4, 0.5) is 0 Å². The van der Waals surface area contributed by atoms with E-state index in [1.54, 1.807) is 0 Å².